The van der Waals surface area contributed by atoms with E-state index in [4.69, 9.17) is 15.2 Å². The largest absolute Gasteiger partial charge is 0.484 e. The average molecular weight is 405 g/mol. The minimum atomic E-state index is -1.18. The van der Waals surface area contributed by atoms with Crippen LogP contribution in [0.25, 0.3) is 0 Å². The fraction of sp³-hybridized carbons (Fsp3) is 0.500. The molecule has 2 rings (SSSR count). The van der Waals surface area contributed by atoms with Crippen molar-refractivity contribution in [3.63, 3.8) is 0 Å². The van der Waals surface area contributed by atoms with E-state index >= 15 is 0 Å². The molecule has 9 nitrogen and oxygen atoms in total. The first kappa shape index (κ1) is 22.2. The van der Waals surface area contributed by atoms with Crippen LogP contribution in [0.3, 0.4) is 0 Å². The molecule has 1 saturated heterocycles. The zero-order valence-corrected chi connectivity index (χ0v) is 16.8. The monoisotopic (exact) mass is 405 g/mol. The maximum atomic E-state index is 12.5. The molecule has 4 amide bonds. The van der Waals surface area contributed by atoms with Gasteiger partial charge in [-0.15, -0.1) is 0 Å². The van der Waals surface area contributed by atoms with Crippen LogP contribution in [0.1, 0.15) is 50.4 Å². The average Bonchev–Trinajstić information content (AvgIpc) is 2.66. The smallest absolute Gasteiger partial charge is 0.338 e. The lowest BCUT2D eigenvalue weighted by atomic mass is 9.97. The van der Waals surface area contributed by atoms with Crippen LogP contribution in [0.4, 0.5) is 4.79 Å². The molecule has 1 aliphatic heterocycles. The summed E-state index contributed by atoms with van der Waals surface area (Å²) in [5.41, 5.74) is 5.04. The maximum Gasteiger partial charge on any atom is 0.338 e. The summed E-state index contributed by atoms with van der Waals surface area (Å²) in [5, 5.41) is 1.84. The van der Waals surface area contributed by atoms with Gasteiger partial charge >= 0.3 is 12.0 Å². The second kappa shape index (κ2) is 9.90. The molecule has 9 heteroatoms. The number of ether oxygens (including phenoxy) is 2. The van der Waals surface area contributed by atoms with Crippen molar-refractivity contribution < 1.29 is 28.7 Å². The van der Waals surface area contributed by atoms with Crippen LogP contribution in [0.2, 0.25) is 0 Å². The lowest BCUT2D eigenvalue weighted by molar-refractivity contribution is -0.139. The predicted molar refractivity (Wildman–Crippen MR) is 104 cm³/mol. The molecular weight excluding hydrogens is 378 g/mol. The summed E-state index contributed by atoms with van der Waals surface area (Å²) < 4.78 is 10.5. The van der Waals surface area contributed by atoms with Crippen LogP contribution in [0.5, 0.6) is 5.75 Å². The van der Waals surface area contributed by atoms with Crippen LogP contribution >= 0.6 is 0 Å². The number of carbonyl (C=O) groups excluding carboxylic acids is 4. The molecule has 29 heavy (non-hydrogen) atoms. The summed E-state index contributed by atoms with van der Waals surface area (Å²) in [5.74, 6) is -1.18. The van der Waals surface area contributed by atoms with Gasteiger partial charge in [0.1, 0.15) is 5.75 Å². The summed E-state index contributed by atoms with van der Waals surface area (Å²) in [4.78, 5) is 48.7. The molecule has 1 fully saturated rings. The fourth-order valence-corrected chi connectivity index (χ4v) is 3.32. The number of hydrogen-bond donors (Lipinski definition) is 2. The summed E-state index contributed by atoms with van der Waals surface area (Å²) >= 11 is 0. The minimum absolute atomic E-state index is 0.0672. The highest BCUT2D eigenvalue weighted by Crippen LogP contribution is 2.23. The van der Waals surface area contributed by atoms with Gasteiger partial charge in [-0.1, -0.05) is 0 Å². The Balaban J connectivity index is 1.88. The lowest BCUT2D eigenvalue weighted by Gasteiger charge is -2.38. The van der Waals surface area contributed by atoms with Gasteiger partial charge < -0.3 is 20.1 Å². The highest BCUT2D eigenvalue weighted by Gasteiger charge is 2.29. The maximum absolute atomic E-state index is 12.5. The molecule has 0 aliphatic carbocycles. The number of esters is 1. The molecule has 1 aromatic rings. The Morgan fingerprint density at radius 1 is 1.14 bits per heavy atom. The second-order valence-corrected chi connectivity index (χ2v) is 7.14. The van der Waals surface area contributed by atoms with Crippen LogP contribution in [0, 0.1) is 0 Å². The number of nitrogens with zero attached hydrogens (tertiary/aromatic N) is 1. The first-order valence-corrected chi connectivity index (χ1v) is 9.54. The molecule has 0 aromatic heterocycles. The molecule has 158 valence electrons. The Bertz CT molecular complexity index is 754. The van der Waals surface area contributed by atoms with Crippen molar-refractivity contribution in [3.8, 4) is 5.75 Å². The van der Waals surface area contributed by atoms with E-state index in [2.05, 4.69) is 0 Å². The zero-order valence-electron chi connectivity index (χ0n) is 16.8. The van der Waals surface area contributed by atoms with Gasteiger partial charge in [-0.2, -0.15) is 0 Å². The summed E-state index contributed by atoms with van der Waals surface area (Å²) in [6.07, 6.45) is 1.91. The second-order valence-electron chi connectivity index (χ2n) is 7.14. The first-order valence-electron chi connectivity index (χ1n) is 9.54. The van der Waals surface area contributed by atoms with E-state index in [0.717, 1.165) is 19.3 Å². The number of nitrogens with one attached hydrogen (secondary N) is 1. The quantitative estimate of drug-likeness (QED) is 0.692. The first-order chi connectivity index (χ1) is 13.7. The molecular formula is C20H27N3O6. The highest BCUT2D eigenvalue weighted by molar-refractivity contribution is 5.98. The molecule has 0 spiro atoms. The van der Waals surface area contributed by atoms with Crippen molar-refractivity contribution in [2.45, 2.75) is 58.2 Å². The third kappa shape index (κ3) is 6.20. The molecule has 0 saturated carbocycles. The number of rotatable bonds is 6. The number of primary amides is 1. The fourth-order valence-electron chi connectivity index (χ4n) is 3.32. The van der Waals surface area contributed by atoms with E-state index in [1.54, 1.807) is 12.1 Å². The molecule has 1 heterocycles. The number of carbonyl (C=O) groups is 4. The van der Waals surface area contributed by atoms with Gasteiger partial charge in [0.05, 0.1) is 5.56 Å². The van der Waals surface area contributed by atoms with Crippen LogP contribution in [0.15, 0.2) is 24.3 Å². The molecule has 0 radical (unpaired) electrons. The van der Waals surface area contributed by atoms with E-state index in [0.29, 0.717) is 5.75 Å². The van der Waals surface area contributed by atoms with Crippen molar-refractivity contribution >= 4 is 23.8 Å². The number of likely N-dealkylation sites (tertiary alicyclic amines) is 1. The number of piperidine rings is 1. The van der Waals surface area contributed by atoms with Crippen molar-refractivity contribution in [1.82, 2.24) is 10.2 Å². The molecule has 1 aliphatic rings. The molecule has 1 aromatic carbocycles. The van der Waals surface area contributed by atoms with E-state index in [9.17, 15) is 19.2 Å². The van der Waals surface area contributed by atoms with E-state index in [-0.39, 0.29) is 30.2 Å². The predicted octanol–water partition coefficient (Wildman–Crippen LogP) is 1.60. The number of urea groups is 1. The standard InChI is InChI=1S/C20H27N3O6/c1-12-5-4-6-13(2)23(12)17(24)11-28-16-9-7-15(8-10-16)19(26)29-14(3)18(25)22-20(21)27/h7-10,12-14H,4-6,11H2,1-3H3,(H3,21,22,25,27). The van der Waals surface area contributed by atoms with Crippen LogP contribution in [-0.2, 0) is 14.3 Å². The number of amides is 4. The van der Waals surface area contributed by atoms with Gasteiger partial charge in [0.2, 0.25) is 0 Å². The molecule has 3 N–H and O–H groups in total. The summed E-state index contributed by atoms with van der Waals surface area (Å²) in [6, 6.07) is 5.38. The van der Waals surface area contributed by atoms with Crippen LogP contribution in [-0.4, -0.2) is 53.5 Å². The Morgan fingerprint density at radius 2 is 1.72 bits per heavy atom. The van der Waals surface area contributed by atoms with Gasteiger partial charge in [-0.05, 0) is 64.3 Å². The Kier molecular flexibility index (Phi) is 7.58. The van der Waals surface area contributed by atoms with E-state index in [1.165, 1.54) is 19.1 Å². The number of hydrogen-bond acceptors (Lipinski definition) is 6. The lowest BCUT2D eigenvalue weighted by Crippen LogP contribution is -2.49. The summed E-state index contributed by atoms with van der Waals surface area (Å²) in [6.45, 7) is 5.32. The highest BCUT2D eigenvalue weighted by atomic mass is 16.5. The Hall–Kier alpha value is -3.10. The normalized spacial score (nSPS) is 19.8. The van der Waals surface area contributed by atoms with E-state index in [1.807, 2.05) is 24.1 Å². The Labute approximate surface area is 169 Å². The van der Waals surface area contributed by atoms with Crippen molar-refractivity contribution in [3.05, 3.63) is 29.8 Å². The molecule has 3 atom stereocenters. The van der Waals surface area contributed by atoms with Crippen molar-refractivity contribution in [2.24, 2.45) is 5.73 Å². The van der Waals surface area contributed by atoms with Gasteiger partial charge in [0.25, 0.3) is 11.8 Å². The molecule has 0 bridgehead atoms. The van der Waals surface area contributed by atoms with Gasteiger partial charge in [0.15, 0.2) is 12.7 Å². The minimum Gasteiger partial charge on any atom is -0.484 e. The van der Waals surface area contributed by atoms with Crippen molar-refractivity contribution in [2.75, 3.05) is 6.61 Å². The zero-order chi connectivity index (χ0) is 21.6. The number of imide groups is 1. The third-order valence-corrected chi connectivity index (χ3v) is 4.83. The summed E-state index contributed by atoms with van der Waals surface area (Å²) in [7, 11) is 0. The Morgan fingerprint density at radius 3 is 2.28 bits per heavy atom. The van der Waals surface area contributed by atoms with Gasteiger partial charge in [0, 0.05) is 12.1 Å². The van der Waals surface area contributed by atoms with Gasteiger partial charge in [-0.3, -0.25) is 14.9 Å². The number of benzene rings is 1. The molecule has 3 unspecified atom stereocenters. The SMILES string of the molecule is CC(OC(=O)c1ccc(OCC(=O)N2C(C)CCCC2C)cc1)C(=O)NC(N)=O. The topological polar surface area (TPSA) is 128 Å². The van der Waals surface area contributed by atoms with Gasteiger partial charge in [-0.25, -0.2) is 9.59 Å². The van der Waals surface area contributed by atoms with Crippen molar-refractivity contribution in [1.29, 1.82) is 0 Å². The third-order valence-electron chi connectivity index (χ3n) is 4.83. The van der Waals surface area contributed by atoms with E-state index < -0.39 is 24.0 Å². The van der Waals surface area contributed by atoms with Crippen LogP contribution < -0.4 is 15.8 Å². The number of nitrogens with two attached hydrogens (primary N) is 1.